The zero-order valence-electron chi connectivity index (χ0n) is 20.6. The average Bonchev–Trinajstić information content (AvgIpc) is 3.56. The fourth-order valence-corrected chi connectivity index (χ4v) is 4.20. The van der Waals surface area contributed by atoms with E-state index in [2.05, 4.69) is 25.9 Å². The molecule has 0 unspecified atom stereocenters. The Labute approximate surface area is 218 Å². The molecule has 0 aliphatic heterocycles. The van der Waals surface area contributed by atoms with Gasteiger partial charge in [-0.15, -0.1) is 5.10 Å². The maximum Gasteiger partial charge on any atom is 0.408 e. The summed E-state index contributed by atoms with van der Waals surface area (Å²) in [5.74, 6) is -0.986. The van der Waals surface area contributed by atoms with Gasteiger partial charge in [-0.2, -0.15) is 4.68 Å². The van der Waals surface area contributed by atoms with Crippen LogP contribution in [0, 0.1) is 0 Å². The van der Waals surface area contributed by atoms with Crippen LogP contribution >= 0.6 is 0 Å². The molecule has 38 heavy (non-hydrogen) atoms. The van der Waals surface area contributed by atoms with Crippen molar-refractivity contribution in [3.05, 3.63) is 96.2 Å². The zero-order valence-corrected chi connectivity index (χ0v) is 20.6. The Hall–Kier alpha value is -4.99. The molecule has 2 atom stereocenters. The minimum absolute atomic E-state index is 0.0715. The molecule has 192 valence electrons. The lowest BCUT2D eigenvalue weighted by molar-refractivity contribution is -0.123. The van der Waals surface area contributed by atoms with Gasteiger partial charge in [-0.3, -0.25) is 9.59 Å². The highest BCUT2D eigenvalue weighted by Gasteiger charge is 2.28. The largest absolute Gasteiger partial charge is 0.445 e. The minimum atomic E-state index is -0.976. The van der Waals surface area contributed by atoms with Crippen LogP contribution in [0.1, 0.15) is 22.8 Å². The fraction of sp³-hybridized carbons (Fsp3) is 0.179. The van der Waals surface area contributed by atoms with Crippen molar-refractivity contribution in [1.82, 2.24) is 30.6 Å². The number of alkyl carbamates (subject to hydrolysis) is 1. The smallest absolute Gasteiger partial charge is 0.408 e. The predicted molar refractivity (Wildman–Crippen MR) is 141 cm³/mol. The fourth-order valence-electron chi connectivity index (χ4n) is 4.20. The normalized spacial score (nSPS) is 12.7. The molecule has 0 spiro atoms. The number of H-pyrrole nitrogens is 1. The number of carbonyl (C=O) groups excluding carboxylic acids is 3. The number of hydrogen-bond acceptors (Lipinski definition) is 6. The first-order valence-electron chi connectivity index (χ1n) is 12.2. The number of ether oxygens (including phenoxy) is 1. The summed E-state index contributed by atoms with van der Waals surface area (Å²) in [5.41, 5.74) is 3.69. The van der Waals surface area contributed by atoms with Gasteiger partial charge in [-0.25, -0.2) is 4.79 Å². The summed E-state index contributed by atoms with van der Waals surface area (Å²) in [6.07, 6.45) is 1.28. The highest BCUT2D eigenvalue weighted by Crippen LogP contribution is 2.20. The van der Waals surface area contributed by atoms with E-state index in [4.69, 9.17) is 4.74 Å². The number of para-hydroxylation sites is 2. The van der Waals surface area contributed by atoms with Gasteiger partial charge in [0.05, 0.1) is 5.52 Å². The number of amides is 2. The van der Waals surface area contributed by atoms with Gasteiger partial charge in [0.1, 0.15) is 24.2 Å². The molecule has 2 aromatic heterocycles. The lowest BCUT2D eigenvalue weighted by Crippen LogP contribution is -2.52. The van der Waals surface area contributed by atoms with Gasteiger partial charge in [-0.1, -0.05) is 65.9 Å². The van der Waals surface area contributed by atoms with Crippen molar-refractivity contribution in [3.8, 4) is 0 Å². The number of carbonyl (C=O) groups is 3. The summed E-state index contributed by atoms with van der Waals surface area (Å²) in [6.45, 7) is 1.60. The van der Waals surface area contributed by atoms with E-state index >= 15 is 0 Å². The number of nitrogens with zero attached hydrogens (tertiary/aromatic N) is 3. The van der Waals surface area contributed by atoms with Gasteiger partial charge in [0, 0.05) is 23.5 Å². The molecular formula is C28H26N6O4. The first-order valence-corrected chi connectivity index (χ1v) is 12.2. The van der Waals surface area contributed by atoms with Gasteiger partial charge in [0.25, 0.3) is 5.91 Å². The molecule has 2 amide bonds. The van der Waals surface area contributed by atoms with E-state index in [1.807, 2.05) is 60.8 Å². The Morgan fingerprint density at radius 1 is 0.947 bits per heavy atom. The van der Waals surface area contributed by atoms with Gasteiger partial charge in [0.15, 0.2) is 0 Å². The average molecular weight is 511 g/mol. The summed E-state index contributed by atoms with van der Waals surface area (Å²) < 4.78 is 6.41. The lowest BCUT2D eigenvalue weighted by atomic mass is 10.0. The van der Waals surface area contributed by atoms with Crippen LogP contribution in [0.2, 0.25) is 0 Å². The molecule has 0 aliphatic rings. The third-order valence-corrected chi connectivity index (χ3v) is 6.21. The first kappa shape index (κ1) is 24.7. The molecule has 3 aromatic carbocycles. The number of aromatic nitrogens is 4. The first-order chi connectivity index (χ1) is 18.5. The van der Waals surface area contributed by atoms with E-state index in [0.717, 1.165) is 22.0 Å². The third kappa shape index (κ3) is 5.39. The number of nitrogens with one attached hydrogen (secondary N) is 3. The summed E-state index contributed by atoms with van der Waals surface area (Å²) in [5, 5.41) is 14.4. The molecule has 10 nitrogen and oxygen atoms in total. The summed E-state index contributed by atoms with van der Waals surface area (Å²) in [7, 11) is 0. The van der Waals surface area contributed by atoms with Crippen molar-refractivity contribution in [2.75, 3.05) is 0 Å². The van der Waals surface area contributed by atoms with Crippen molar-refractivity contribution >= 4 is 39.8 Å². The van der Waals surface area contributed by atoms with E-state index < -0.39 is 30.0 Å². The van der Waals surface area contributed by atoms with Crippen LogP contribution < -0.4 is 10.6 Å². The number of rotatable bonds is 8. The third-order valence-electron chi connectivity index (χ3n) is 6.21. The topological polar surface area (TPSA) is 131 Å². The van der Waals surface area contributed by atoms with Crippen LogP contribution in [0.3, 0.4) is 0 Å². The highest BCUT2D eigenvalue weighted by molar-refractivity contribution is 5.96. The number of fused-ring (bicyclic) bond motifs is 2. The lowest BCUT2D eigenvalue weighted by Gasteiger charge is -2.20. The molecule has 2 heterocycles. The Morgan fingerprint density at radius 2 is 1.68 bits per heavy atom. The minimum Gasteiger partial charge on any atom is -0.445 e. The van der Waals surface area contributed by atoms with Gasteiger partial charge < -0.3 is 20.4 Å². The quantitative estimate of drug-likeness (QED) is 0.292. The van der Waals surface area contributed by atoms with Crippen LogP contribution in [-0.4, -0.2) is 50.0 Å². The van der Waals surface area contributed by atoms with E-state index in [1.54, 1.807) is 24.3 Å². The molecule has 0 saturated heterocycles. The Morgan fingerprint density at radius 3 is 2.53 bits per heavy atom. The van der Waals surface area contributed by atoms with Crippen LogP contribution in [0.4, 0.5) is 4.79 Å². The second-order valence-corrected chi connectivity index (χ2v) is 8.88. The summed E-state index contributed by atoms with van der Waals surface area (Å²) >= 11 is 0. The van der Waals surface area contributed by atoms with E-state index in [1.165, 1.54) is 11.6 Å². The van der Waals surface area contributed by atoms with Crippen molar-refractivity contribution in [1.29, 1.82) is 0 Å². The van der Waals surface area contributed by atoms with Crippen LogP contribution in [0.15, 0.2) is 85.1 Å². The van der Waals surface area contributed by atoms with Gasteiger partial charge >= 0.3 is 6.09 Å². The molecule has 0 radical (unpaired) electrons. The van der Waals surface area contributed by atoms with Crippen molar-refractivity contribution in [3.63, 3.8) is 0 Å². The van der Waals surface area contributed by atoms with Crippen LogP contribution in [0.5, 0.6) is 0 Å². The van der Waals surface area contributed by atoms with Crippen LogP contribution in [0.25, 0.3) is 21.9 Å². The summed E-state index contributed by atoms with van der Waals surface area (Å²) in [4.78, 5) is 42.2. The number of aromatic amines is 1. The highest BCUT2D eigenvalue weighted by atomic mass is 16.5. The molecule has 5 rings (SSSR count). The molecule has 0 aliphatic carbocycles. The number of benzene rings is 3. The van der Waals surface area contributed by atoms with E-state index in [9.17, 15) is 14.4 Å². The molecule has 10 heteroatoms. The Kier molecular flexibility index (Phi) is 7.12. The Balaban J connectivity index is 1.32. The molecule has 0 saturated carbocycles. The van der Waals surface area contributed by atoms with Crippen LogP contribution in [-0.2, 0) is 22.6 Å². The van der Waals surface area contributed by atoms with Crippen molar-refractivity contribution in [2.24, 2.45) is 0 Å². The maximum atomic E-state index is 13.6. The van der Waals surface area contributed by atoms with Gasteiger partial charge in [-0.05, 0) is 36.2 Å². The monoisotopic (exact) mass is 510 g/mol. The molecule has 3 N–H and O–H groups in total. The molecule has 0 bridgehead atoms. The van der Waals surface area contributed by atoms with Gasteiger partial charge in [0.2, 0.25) is 5.91 Å². The molecule has 5 aromatic rings. The standard InChI is InChI=1S/C28H26N6O4/c1-18(30-28(37)38-17-19-9-3-2-4-10-19)26(35)31-24(15-20-16-29-22-12-6-5-11-21(20)22)27(36)34-25-14-8-7-13-23(25)32-33-34/h2-14,16,18,24,29H,15,17H2,1H3,(H,30,37)(H,31,35)/t18-,24-/m0/s1. The zero-order chi connectivity index (χ0) is 26.5. The molecule has 0 fully saturated rings. The molecular weight excluding hydrogens is 484 g/mol. The second kappa shape index (κ2) is 11.0. The van der Waals surface area contributed by atoms with Crippen molar-refractivity contribution < 1.29 is 19.1 Å². The maximum absolute atomic E-state index is 13.6. The number of hydrogen-bond donors (Lipinski definition) is 3. The van der Waals surface area contributed by atoms with E-state index in [0.29, 0.717) is 11.0 Å². The summed E-state index contributed by atoms with van der Waals surface area (Å²) in [6, 6.07) is 22.1. The predicted octanol–water partition coefficient (Wildman–Crippen LogP) is 3.60. The van der Waals surface area contributed by atoms with E-state index in [-0.39, 0.29) is 13.0 Å². The van der Waals surface area contributed by atoms with Crippen molar-refractivity contribution in [2.45, 2.75) is 32.0 Å². The SMILES string of the molecule is C[C@H](NC(=O)OCc1ccccc1)C(=O)N[C@@H](Cc1c[nH]c2ccccc12)C(=O)n1nnc2ccccc21. The Bertz CT molecular complexity index is 1590. The second-order valence-electron chi connectivity index (χ2n) is 8.88.